The van der Waals surface area contributed by atoms with Crippen LogP contribution in [0.15, 0.2) is 47.5 Å². The lowest BCUT2D eigenvalue weighted by Gasteiger charge is -2.16. The molecule has 1 unspecified atom stereocenters. The van der Waals surface area contributed by atoms with Gasteiger partial charge in [-0.1, -0.05) is 25.1 Å². The third kappa shape index (κ3) is 7.18. The zero-order valence-electron chi connectivity index (χ0n) is 16.8. The zero-order chi connectivity index (χ0) is 19.6. The van der Waals surface area contributed by atoms with E-state index >= 15 is 0 Å². The first-order valence-corrected chi connectivity index (χ1v) is 8.98. The van der Waals surface area contributed by atoms with E-state index in [0.717, 1.165) is 24.3 Å². The van der Waals surface area contributed by atoms with Crippen LogP contribution in [0, 0.1) is 5.82 Å². The minimum atomic E-state index is -0.368. The number of benzene rings is 2. The molecule has 2 rings (SSSR count). The fourth-order valence-corrected chi connectivity index (χ4v) is 2.73. The molecule has 154 valence electrons. The highest BCUT2D eigenvalue weighted by Crippen LogP contribution is 2.21. The van der Waals surface area contributed by atoms with Crippen LogP contribution < -0.4 is 20.1 Å². The van der Waals surface area contributed by atoms with Gasteiger partial charge in [0.1, 0.15) is 5.75 Å². The summed E-state index contributed by atoms with van der Waals surface area (Å²) in [5, 5.41) is 6.49. The van der Waals surface area contributed by atoms with Gasteiger partial charge in [0.2, 0.25) is 0 Å². The number of nitrogens with zero attached hydrogens (tertiary/aromatic N) is 1. The fourth-order valence-electron chi connectivity index (χ4n) is 2.73. The number of aliphatic imine (C=N–C) groups is 1. The van der Waals surface area contributed by atoms with Crippen LogP contribution in [0.1, 0.15) is 30.4 Å². The lowest BCUT2D eigenvalue weighted by Crippen LogP contribution is -2.37. The molecule has 0 bridgehead atoms. The van der Waals surface area contributed by atoms with Crippen molar-refractivity contribution >= 4 is 29.9 Å². The number of hydrogen-bond acceptors (Lipinski definition) is 3. The molecule has 0 heterocycles. The van der Waals surface area contributed by atoms with Gasteiger partial charge in [-0.2, -0.15) is 0 Å². The summed E-state index contributed by atoms with van der Waals surface area (Å²) in [7, 11) is 4.84. The van der Waals surface area contributed by atoms with Crippen LogP contribution in [0.5, 0.6) is 11.5 Å². The lowest BCUT2D eigenvalue weighted by atomic mass is 9.98. The maximum atomic E-state index is 13.8. The Morgan fingerprint density at radius 2 is 1.79 bits per heavy atom. The first-order chi connectivity index (χ1) is 13.1. The molecule has 0 spiro atoms. The van der Waals surface area contributed by atoms with Gasteiger partial charge in [0.15, 0.2) is 17.5 Å². The Bertz CT molecular complexity index is 754. The van der Waals surface area contributed by atoms with E-state index in [1.54, 1.807) is 20.2 Å². The number of nitrogens with one attached hydrogen (secondary N) is 2. The van der Waals surface area contributed by atoms with Gasteiger partial charge in [-0.3, -0.25) is 4.99 Å². The SMILES string of the molecule is CN=C(NCCC(C)c1ccc(OC)cc1)NCc1ccc(OC)c(F)c1.I. The highest BCUT2D eigenvalue weighted by Gasteiger charge is 2.07. The summed E-state index contributed by atoms with van der Waals surface area (Å²) in [5.41, 5.74) is 2.09. The minimum Gasteiger partial charge on any atom is -0.497 e. The predicted octanol–water partition coefficient (Wildman–Crippen LogP) is 4.32. The van der Waals surface area contributed by atoms with Crippen molar-refractivity contribution in [2.24, 2.45) is 4.99 Å². The Morgan fingerprint density at radius 3 is 2.36 bits per heavy atom. The van der Waals surface area contributed by atoms with Crippen molar-refractivity contribution < 1.29 is 13.9 Å². The second kappa shape index (κ2) is 12.4. The first-order valence-electron chi connectivity index (χ1n) is 8.98. The number of guanidine groups is 1. The lowest BCUT2D eigenvalue weighted by molar-refractivity contribution is 0.386. The highest BCUT2D eigenvalue weighted by atomic mass is 127. The Hall–Kier alpha value is -2.03. The molecule has 5 nitrogen and oxygen atoms in total. The summed E-state index contributed by atoms with van der Waals surface area (Å²) in [4.78, 5) is 4.21. The average molecular weight is 501 g/mol. The van der Waals surface area contributed by atoms with Gasteiger partial charge in [0, 0.05) is 20.1 Å². The summed E-state index contributed by atoms with van der Waals surface area (Å²) in [6.07, 6.45) is 0.962. The third-order valence-corrected chi connectivity index (χ3v) is 4.45. The number of rotatable bonds is 8. The molecule has 7 heteroatoms. The molecule has 1 atom stereocenters. The summed E-state index contributed by atoms with van der Waals surface area (Å²) in [6, 6.07) is 13.1. The van der Waals surface area contributed by atoms with Crippen molar-refractivity contribution in [3.05, 3.63) is 59.4 Å². The summed E-state index contributed by atoms with van der Waals surface area (Å²) < 4.78 is 23.9. The van der Waals surface area contributed by atoms with E-state index in [1.165, 1.54) is 18.7 Å². The van der Waals surface area contributed by atoms with Crippen LogP contribution >= 0.6 is 24.0 Å². The highest BCUT2D eigenvalue weighted by molar-refractivity contribution is 14.0. The largest absolute Gasteiger partial charge is 0.497 e. The van der Waals surface area contributed by atoms with Crippen molar-refractivity contribution in [2.45, 2.75) is 25.8 Å². The number of halogens is 2. The van der Waals surface area contributed by atoms with E-state index in [1.807, 2.05) is 18.2 Å². The van der Waals surface area contributed by atoms with E-state index in [4.69, 9.17) is 9.47 Å². The van der Waals surface area contributed by atoms with Crippen LogP contribution in [0.3, 0.4) is 0 Å². The van der Waals surface area contributed by atoms with Crippen molar-refractivity contribution in [3.8, 4) is 11.5 Å². The minimum absolute atomic E-state index is 0. The molecule has 2 N–H and O–H groups in total. The monoisotopic (exact) mass is 501 g/mol. The van der Waals surface area contributed by atoms with Gasteiger partial charge in [0.05, 0.1) is 14.2 Å². The van der Waals surface area contributed by atoms with E-state index in [9.17, 15) is 4.39 Å². The summed E-state index contributed by atoms with van der Waals surface area (Å²) in [6.45, 7) is 3.46. The second-order valence-electron chi connectivity index (χ2n) is 6.28. The molecule has 0 aliphatic carbocycles. The third-order valence-electron chi connectivity index (χ3n) is 4.45. The van der Waals surface area contributed by atoms with Crippen molar-refractivity contribution in [1.29, 1.82) is 0 Å². The molecule has 0 aliphatic rings. The van der Waals surface area contributed by atoms with Crippen LogP contribution in [-0.2, 0) is 6.54 Å². The summed E-state index contributed by atoms with van der Waals surface area (Å²) >= 11 is 0. The standard InChI is InChI=1S/C21H28FN3O2.HI/c1-15(17-6-8-18(26-3)9-7-17)11-12-24-21(23-2)25-14-16-5-10-20(27-4)19(22)13-16;/h5-10,13,15H,11-12,14H2,1-4H3,(H2,23,24,25);1H. The van der Waals surface area contributed by atoms with E-state index in [0.29, 0.717) is 18.4 Å². The Balaban J connectivity index is 0.00000392. The normalized spacial score (nSPS) is 12.0. The van der Waals surface area contributed by atoms with Gasteiger partial charge in [-0.15, -0.1) is 24.0 Å². The maximum absolute atomic E-state index is 13.8. The van der Waals surface area contributed by atoms with Gasteiger partial charge in [-0.05, 0) is 47.7 Å². The zero-order valence-corrected chi connectivity index (χ0v) is 19.1. The van der Waals surface area contributed by atoms with Gasteiger partial charge in [0.25, 0.3) is 0 Å². The molecule has 0 saturated carbocycles. The number of methoxy groups -OCH3 is 2. The van der Waals surface area contributed by atoms with E-state index in [-0.39, 0.29) is 35.5 Å². The summed E-state index contributed by atoms with van der Waals surface area (Å²) in [5.74, 6) is 1.84. The van der Waals surface area contributed by atoms with Gasteiger partial charge >= 0.3 is 0 Å². The fraction of sp³-hybridized carbons (Fsp3) is 0.381. The molecule has 28 heavy (non-hydrogen) atoms. The number of hydrogen-bond donors (Lipinski definition) is 2. The van der Waals surface area contributed by atoms with Crippen molar-refractivity contribution in [2.75, 3.05) is 27.8 Å². The molecule has 2 aromatic rings. The van der Waals surface area contributed by atoms with Crippen LogP contribution in [0.25, 0.3) is 0 Å². The van der Waals surface area contributed by atoms with Crippen LogP contribution in [-0.4, -0.2) is 33.8 Å². The molecule has 0 saturated heterocycles. The molecule has 0 aliphatic heterocycles. The van der Waals surface area contributed by atoms with Gasteiger partial charge in [-0.25, -0.2) is 4.39 Å². The van der Waals surface area contributed by atoms with Crippen molar-refractivity contribution in [3.63, 3.8) is 0 Å². The van der Waals surface area contributed by atoms with Crippen molar-refractivity contribution in [1.82, 2.24) is 10.6 Å². The Morgan fingerprint density at radius 1 is 1.07 bits per heavy atom. The molecular weight excluding hydrogens is 472 g/mol. The smallest absolute Gasteiger partial charge is 0.191 e. The molecular formula is C21H29FIN3O2. The number of ether oxygens (including phenoxy) is 2. The predicted molar refractivity (Wildman–Crippen MR) is 123 cm³/mol. The Labute approximate surface area is 183 Å². The molecule has 0 radical (unpaired) electrons. The van der Waals surface area contributed by atoms with Gasteiger partial charge < -0.3 is 20.1 Å². The van der Waals surface area contributed by atoms with Crippen LogP contribution in [0.2, 0.25) is 0 Å². The molecule has 0 amide bonds. The van der Waals surface area contributed by atoms with E-state index in [2.05, 4.69) is 34.7 Å². The van der Waals surface area contributed by atoms with E-state index < -0.39 is 0 Å². The molecule has 0 fully saturated rings. The maximum Gasteiger partial charge on any atom is 0.191 e. The molecule has 2 aromatic carbocycles. The topological polar surface area (TPSA) is 54.9 Å². The quantitative estimate of drug-likeness (QED) is 0.322. The molecule has 0 aromatic heterocycles. The van der Waals surface area contributed by atoms with Crippen LogP contribution in [0.4, 0.5) is 4.39 Å². The Kier molecular flexibility index (Phi) is 10.7. The first kappa shape index (κ1) is 24.0. The second-order valence-corrected chi connectivity index (χ2v) is 6.28. The average Bonchev–Trinajstić information content (AvgIpc) is 2.70.